The topological polar surface area (TPSA) is 46.5 Å². The molecule has 0 saturated heterocycles. The standard InChI is InChI=1S/C17H21ClO3/c1-11-2-5-17(20,6-3-11)15(19)10-13-9-14(18)8-12-4-7-21-16(12)13/h8-9,11,20H,2-7,10H2,1H3. The fraction of sp³-hybridized carbons (Fsp3) is 0.588. The molecule has 3 rings (SSSR count). The number of rotatable bonds is 3. The van der Waals surface area contributed by atoms with E-state index in [2.05, 4.69) is 6.92 Å². The zero-order chi connectivity index (χ0) is 15.0. The number of carbonyl (C=O) groups is 1. The zero-order valence-electron chi connectivity index (χ0n) is 12.3. The van der Waals surface area contributed by atoms with Crippen molar-refractivity contribution in [1.82, 2.24) is 0 Å². The Bertz CT molecular complexity index is 559. The number of aliphatic hydroxyl groups is 1. The lowest BCUT2D eigenvalue weighted by Crippen LogP contribution is -2.42. The van der Waals surface area contributed by atoms with E-state index in [1.165, 1.54) is 0 Å². The summed E-state index contributed by atoms with van der Waals surface area (Å²) in [6.45, 7) is 2.81. The average molecular weight is 309 g/mol. The maximum absolute atomic E-state index is 12.6. The van der Waals surface area contributed by atoms with Crippen LogP contribution in [0.2, 0.25) is 5.02 Å². The molecule has 1 heterocycles. The molecule has 1 aromatic rings. The second kappa shape index (κ2) is 5.62. The lowest BCUT2D eigenvalue weighted by Gasteiger charge is -2.33. The average Bonchev–Trinajstić information content (AvgIpc) is 2.90. The monoisotopic (exact) mass is 308 g/mol. The number of ketones is 1. The Morgan fingerprint density at radius 1 is 1.43 bits per heavy atom. The normalized spacial score (nSPS) is 28.0. The molecule has 1 aliphatic carbocycles. The predicted molar refractivity (Wildman–Crippen MR) is 81.9 cm³/mol. The number of benzene rings is 1. The van der Waals surface area contributed by atoms with Gasteiger partial charge in [-0.3, -0.25) is 4.79 Å². The summed E-state index contributed by atoms with van der Waals surface area (Å²) >= 11 is 6.12. The van der Waals surface area contributed by atoms with E-state index in [9.17, 15) is 9.90 Å². The summed E-state index contributed by atoms with van der Waals surface area (Å²) in [4.78, 5) is 12.6. The highest BCUT2D eigenvalue weighted by Crippen LogP contribution is 2.37. The van der Waals surface area contributed by atoms with Crippen LogP contribution in [0.1, 0.15) is 43.7 Å². The molecule has 0 bridgehead atoms. The molecule has 1 fully saturated rings. The van der Waals surface area contributed by atoms with Crippen molar-refractivity contribution in [3.8, 4) is 5.75 Å². The molecule has 1 aromatic carbocycles. The fourth-order valence-corrected chi connectivity index (χ4v) is 3.60. The summed E-state index contributed by atoms with van der Waals surface area (Å²) in [7, 11) is 0. The van der Waals surface area contributed by atoms with Gasteiger partial charge in [-0.2, -0.15) is 0 Å². The number of Topliss-reactive ketones (excluding diaryl/α,β-unsaturated/α-hetero) is 1. The van der Waals surface area contributed by atoms with Gasteiger partial charge in [-0.1, -0.05) is 18.5 Å². The van der Waals surface area contributed by atoms with Crippen molar-refractivity contribution in [3.63, 3.8) is 0 Å². The van der Waals surface area contributed by atoms with Crippen LogP contribution < -0.4 is 4.74 Å². The highest BCUT2D eigenvalue weighted by Gasteiger charge is 2.38. The third kappa shape index (κ3) is 2.95. The minimum Gasteiger partial charge on any atom is -0.493 e. The van der Waals surface area contributed by atoms with Crippen LogP contribution in [-0.4, -0.2) is 23.1 Å². The molecule has 0 spiro atoms. The van der Waals surface area contributed by atoms with Gasteiger partial charge in [0, 0.05) is 23.4 Å². The maximum atomic E-state index is 12.6. The Labute approximate surface area is 130 Å². The van der Waals surface area contributed by atoms with Gasteiger partial charge in [0.25, 0.3) is 0 Å². The smallest absolute Gasteiger partial charge is 0.168 e. The predicted octanol–water partition coefficient (Wildman–Crippen LogP) is 3.33. The van der Waals surface area contributed by atoms with Crippen molar-refractivity contribution < 1.29 is 14.6 Å². The minimum atomic E-state index is -1.17. The van der Waals surface area contributed by atoms with Crippen molar-refractivity contribution >= 4 is 17.4 Å². The van der Waals surface area contributed by atoms with Crippen LogP contribution in [0, 0.1) is 5.92 Å². The number of hydrogen-bond donors (Lipinski definition) is 1. The molecule has 1 aliphatic heterocycles. The minimum absolute atomic E-state index is 0.102. The van der Waals surface area contributed by atoms with Gasteiger partial charge in [0.05, 0.1) is 6.61 Å². The van der Waals surface area contributed by atoms with Gasteiger partial charge in [-0.15, -0.1) is 0 Å². The van der Waals surface area contributed by atoms with Gasteiger partial charge in [0.15, 0.2) is 5.78 Å². The molecule has 0 aromatic heterocycles. The molecule has 0 unspecified atom stereocenters. The van der Waals surface area contributed by atoms with Crippen LogP contribution in [0.5, 0.6) is 5.75 Å². The van der Waals surface area contributed by atoms with Gasteiger partial charge in [-0.25, -0.2) is 0 Å². The first-order chi connectivity index (χ1) is 9.98. The van der Waals surface area contributed by atoms with Crippen LogP contribution in [0.3, 0.4) is 0 Å². The van der Waals surface area contributed by atoms with Gasteiger partial charge < -0.3 is 9.84 Å². The summed E-state index contributed by atoms with van der Waals surface area (Å²) in [6, 6.07) is 3.69. The van der Waals surface area contributed by atoms with Gasteiger partial charge >= 0.3 is 0 Å². The molecule has 21 heavy (non-hydrogen) atoms. The first-order valence-corrected chi connectivity index (χ1v) is 8.05. The highest BCUT2D eigenvalue weighted by atomic mass is 35.5. The molecule has 1 saturated carbocycles. The fourth-order valence-electron chi connectivity index (χ4n) is 3.33. The van der Waals surface area contributed by atoms with E-state index in [1.807, 2.05) is 6.07 Å². The van der Waals surface area contributed by atoms with Crippen LogP contribution in [-0.2, 0) is 17.6 Å². The third-order valence-electron chi connectivity index (χ3n) is 4.80. The number of hydrogen-bond acceptors (Lipinski definition) is 3. The number of ether oxygens (including phenoxy) is 1. The molecule has 1 N–H and O–H groups in total. The van der Waals surface area contributed by atoms with E-state index in [0.717, 1.165) is 36.1 Å². The zero-order valence-corrected chi connectivity index (χ0v) is 13.1. The van der Waals surface area contributed by atoms with Crippen LogP contribution in [0.4, 0.5) is 0 Å². The van der Waals surface area contributed by atoms with E-state index in [1.54, 1.807) is 6.07 Å². The first-order valence-electron chi connectivity index (χ1n) is 7.68. The Kier molecular flexibility index (Phi) is 3.98. The number of fused-ring (bicyclic) bond motifs is 1. The van der Waals surface area contributed by atoms with Crippen molar-refractivity contribution in [3.05, 3.63) is 28.3 Å². The lowest BCUT2D eigenvalue weighted by molar-refractivity contribution is -0.140. The van der Waals surface area contributed by atoms with Gasteiger partial charge in [-0.05, 0) is 49.3 Å². The number of halogens is 1. The van der Waals surface area contributed by atoms with Crippen molar-refractivity contribution in [2.75, 3.05) is 6.61 Å². The molecule has 114 valence electrons. The molecular weight excluding hydrogens is 288 g/mol. The molecule has 0 atom stereocenters. The van der Waals surface area contributed by atoms with Gasteiger partial charge in [0.1, 0.15) is 11.4 Å². The van der Waals surface area contributed by atoms with Crippen LogP contribution in [0.15, 0.2) is 12.1 Å². The summed E-state index contributed by atoms with van der Waals surface area (Å²) in [5, 5.41) is 11.2. The quantitative estimate of drug-likeness (QED) is 0.931. The summed E-state index contributed by atoms with van der Waals surface area (Å²) < 4.78 is 5.63. The summed E-state index contributed by atoms with van der Waals surface area (Å²) in [5.41, 5.74) is 0.710. The second-order valence-electron chi connectivity index (χ2n) is 6.47. The third-order valence-corrected chi connectivity index (χ3v) is 5.02. The Morgan fingerprint density at radius 2 is 2.14 bits per heavy atom. The lowest BCUT2D eigenvalue weighted by atomic mass is 9.76. The molecule has 4 heteroatoms. The van der Waals surface area contributed by atoms with Crippen molar-refractivity contribution in [1.29, 1.82) is 0 Å². The van der Waals surface area contributed by atoms with E-state index < -0.39 is 5.60 Å². The second-order valence-corrected chi connectivity index (χ2v) is 6.90. The highest BCUT2D eigenvalue weighted by molar-refractivity contribution is 6.30. The Balaban J connectivity index is 1.79. The SMILES string of the molecule is CC1CCC(O)(C(=O)Cc2cc(Cl)cc3c2OCC3)CC1. The van der Waals surface area contributed by atoms with Crippen LogP contribution in [0.25, 0.3) is 0 Å². The molecule has 0 amide bonds. The summed E-state index contributed by atoms with van der Waals surface area (Å²) in [5.74, 6) is 1.28. The van der Waals surface area contributed by atoms with E-state index in [-0.39, 0.29) is 12.2 Å². The van der Waals surface area contributed by atoms with Crippen molar-refractivity contribution in [2.45, 2.75) is 51.0 Å². The van der Waals surface area contributed by atoms with Gasteiger partial charge in [0.2, 0.25) is 0 Å². The van der Waals surface area contributed by atoms with Crippen molar-refractivity contribution in [2.24, 2.45) is 5.92 Å². The first kappa shape index (κ1) is 14.9. The van der Waals surface area contributed by atoms with E-state index in [0.29, 0.717) is 30.4 Å². The number of carbonyl (C=O) groups excluding carboxylic acids is 1. The largest absolute Gasteiger partial charge is 0.493 e. The Morgan fingerprint density at radius 3 is 2.86 bits per heavy atom. The maximum Gasteiger partial charge on any atom is 0.168 e. The van der Waals surface area contributed by atoms with E-state index in [4.69, 9.17) is 16.3 Å². The molecular formula is C17H21ClO3. The van der Waals surface area contributed by atoms with E-state index >= 15 is 0 Å². The molecule has 0 radical (unpaired) electrons. The molecule has 2 aliphatic rings. The van der Waals surface area contributed by atoms with Crippen LogP contribution >= 0.6 is 11.6 Å². The molecule has 3 nitrogen and oxygen atoms in total. The Hall–Kier alpha value is -1.06. The summed E-state index contributed by atoms with van der Waals surface area (Å²) in [6.07, 6.45) is 3.98.